The number of ether oxygens (including phenoxy) is 1. The molecule has 1 aromatic rings. The normalized spacial score (nSPS) is 20.1. The molecular formula is C13H14O4. The second-order valence-corrected chi connectivity index (χ2v) is 4.24. The molecule has 0 radical (unpaired) electrons. The summed E-state index contributed by atoms with van der Waals surface area (Å²) >= 11 is 0. The summed E-state index contributed by atoms with van der Waals surface area (Å²) in [5.74, 6) is -0.234. The largest absolute Gasteiger partial charge is 0.508 e. The van der Waals surface area contributed by atoms with E-state index in [2.05, 4.69) is 0 Å². The van der Waals surface area contributed by atoms with E-state index in [1.807, 2.05) is 12.1 Å². The summed E-state index contributed by atoms with van der Waals surface area (Å²) in [4.78, 5) is 22.3. The Hall–Kier alpha value is -1.84. The van der Waals surface area contributed by atoms with Gasteiger partial charge in [0, 0.05) is 6.42 Å². The Balaban J connectivity index is 1.87. The zero-order valence-corrected chi connectivity index (χ0v) is 9.39. The van der Waals surface area contributed by atoms with E-state index in [4.69, 9.17) is 9.84 Å². The first-order valence-electron chi connectivity index (χ1n) is 5.62. The first kappa shape index (κ1) is 11.6. The number of phenolic OH excluding ortho intramolecular Hbond substituents is 1. The third-order valence-corrected chi connectivity index (χ3v) is 2.79. The van der Waals surface area contributed by atoms with Crippen LogP contribution >= 0.6 is 0 Å². The maximum Gasteiger partial charge on any atom is 0.313 e. The Bertz CT molecular complexity index is 406. The molecule has 1 N–H and O–H groups in total. The van der Waals surface area contributed by atoms with Gasteiger partial charge in [-0.3, -0.25) is 9.59 Å². The van der Waals surface area contributed by atoms with Crippen LogP contribution in [0.4, 0.5) is 0 Å². The molecule has 1 aliphatic heterocycles. The lowest BCUT2D eigenvalue weighted by Crippen LogP contribution is -2.29. The van der Waals surface area contributed by atoms with Crippen molar-refractivity contribution in [2.24, 2.45) is 0 Å². The molecule has 0 amide bonds. The van der Waals surface area contributed by atoms with Gasteiger partial charge in [0.25, 0.3) is 0 Å². The van der Waals surface area contributed by atoms with Crippen LogP contribution in [-0.4, -0.2) is 23.0 Å². The molecule has 0 aromatic heterocycles. The van der Waals surface area contributed by atoms with Crippen LogP contribution in [0, 0.1) is 0 Å². The molecule has 1 saturated heterocycles. The highest BCUT2D eigenvalue weighted by Crippen LogP contribution is 2.18. The van der Waals surface area contributed by atoms with Crippen molar-refractivity contribution in [3.8, 4) is 5.75 Å². The number of ketones is 1. The maximum absolute atomic E-state index is 11.2. The summed E-state index contributed by atoms with van der Waals surface area (Å²) in [6, 6.07) is 6.88. The van der Waals surface area contributed by atoms with E-state index >= 15 is 0 Å². The minimum absolute atomic E-state index is 0.0445. The minimum atomic E-state index is -0.419. The van der Waals surface area contributed by atoms with Gasteiger partial charge in [-0.2, -0.15) is 0 Å². The van der Waals surface area contributed by atoms with E-state index < -0.39 is 5.97 Å². The van der Waals surface area contributed by atoms with Gasteiger partial charge in [0.1, 0.15) is 24.1 Å². The van der Waals surface area contributed by atoms with Crippen LogP contribution in [0.2, 0.25) is 0 Å². The highest BCUT2D eigenvalue weighted by atomic mass is 16.5. The summed E-state index contributed by atoms with van der Waals surface area (Å²) < 4.78 is 5.09. The zero-order chi connectivity index (χ0) is 12.3. The lowest BCUT2D eigenvalue weighted by atomic mass is 10.0. The highest BCUT2D eigenvalue weighted by molar-refractivity contribution is 5.97. The summed E-state index contributed by atoms with van der Waals surface area (Å²) in [5.41, 5.74) is 1.05. The van der Waals surface area contributed by atoms with Gasteiger partial charge in [-0.25, -0.2) is 0 Å². The number of aryl methyl sites for hydroxylation is 1. The molecule has 1 aromatic carbocycles. The molecule has 1 unspecified atom stereocenters. The number of rotatable bonds is 3. The average Bonchev–Trinajstić information content (AvgIpc) is 2.27. The van der Waals surface area contributed by atoms with Crippen LogP contribution < -0.4 is 0 Å². The molecule has 2 rings (SSSR count). The summed E-state index contributed by atoms with van der Waals surface area (Å²) in [5, 5.41) is 9.13. The van der Waals surface area contributed by atoms with Crippen molar-refractivity contribution in [2.75, 3.05) is 0 Å². The number of carbonyl (C=O) groups excluding carboxylic acids is 2. The van der Waals surface area contributed by atoms with Crippen molar-refractivity contribution in [3.63, 3.8) is 0 Å². The molecular weight excluding hydrogens is 220 g/mol. The predicted octanol–water partition coefficient (Wildman–Crippen LogP) is 1.60. The van der Waals surface area contributed by atoms with Crippen LogP contribution in [0.1, 0.15) is 24.8 Å². The summed E-state index contributed by atoms with van der Waals surface area (Å²) in [7, 11) is 0. The van der Waals surface area contributed by atoms with E-state index in [-0.39, 0.29) is 24.1 Å². The van der Waals surface area contributed by atoms with Crippen molar-refractivity contribution in [1.29, 1.82) is 0 Å². The van der Waals surface area contributed by atoms with Gasteiger partial charge in [-0.1, -0.05) is 12.1 Å². The number of benzene rings is 1. The average molecular weight is 234 g/mol. The van der Waals surface area contributed by atoms with Gasteiger partial charge >= 0.3 is 5.97 Å². The lowest BCUT2D eigenvalue weighted by molar-refractivity contribution is -0.157. The standard InChI is InChI=1S/C13H14O4/c14-10-4-1-9(2-5-10)3-6-12-7-11(15)8-13(16)17-12/h1-2,4-5,12,14H,3,6-8H2. The molecule has 4 heteroatoms. The first-order valence-corrected chi connectivity index (χ1v) is 5.62. The van der Waals surface area contributed by atoms with Gasteiger partial charge in [0.2, 0.25) is 0 Å². The molecule has 0 spiro atoms. The third kappa shape index (κ3) is 3.31. The lowest BCUT2D eigenvalue weighted by Gasteiger charge is -2.21. The molecule has 4 nitrogen and oxygen atoms in total. The molecule has 0 saturated carbocycles. The quantitative estimate of drug-likeness (QED) is 0.637. The number of hydrogen-bond donors (Lipinski definition) is 1. The van der Waals surface area contributed by atoms with Gasteiger partial charge in [-0.15, -0.1) is 0 Å². The summed E-state index contributed by atoms with van der Waals surface area (Å²) in [6.45, 7) is 0. The number of carbonyl (C=O) groups is 2. The fraction of sp³-hybridized carbons (Fsp3) is 0.385. The van der Waals surface area contributed by atoms with Crippen molar-refractivity contribution in [1.82, 2.24) is 0 Å². The SMILES string of the molecule is O=C1CC(=O)OC(CCc2ccc(O)cc2)C1. The van der Waals surface area contributed by atoms with Gasteiger partial charge in [0.15, 0.2) is 0 Å². The maximum atomic E-state index is 11.2. The smallest absolute Gasteiger partial charge is 0.313 e. The zero-order valence-electron chi connectivity index (χ0n) is 9.39. The predicted molar refractivity (Wildman–Crippen MR) is 60.5 cm³/mol. The van der Waals surface area contributed by atoms with E-state index in [0.717, 1.165) is 12.0 Å². The van der Waals surface area contributed by atoms with E-state index in [0.29, 0.717) is 12.8 Å². The summed E-state index contributed by atoms with van der Waals surface area (Å²) in [6.07, 6.45) is 1.31. The topological polar surface area (TPSA) is 63.6 Å². The Labute approximate surface area is 99.2 Å². The fourth-order valence-electron chi connectivity index (χ4n) is 1.91. The molecule has 0 aliphatic carbocycles. The number of cyclic esters (lactones) is 1. The van der Waals surface area contributed by atoms with Crippen molar-refractivity contribution < 1.29 is 19.4 Å². The van der Waals surface area contributed by atoms with Gasteiger partial charge in [-0.05, 0) is 30.5 Å². The Kier molecular flexibility index (Phi) is 3.42. The van der Waals surface area contributed by atoms with E-state index in [1.165, 1.54) is 0 Å². The Morgan fingerprint density at radius 1 is 1.24 bits per heavy atom. The van der Waals surface area contributed by atoms with Crippen LogP contribution in [-0.2, 0) is 20.7 Å². The van der Waals surface area contributed by atoms with E-state index in [1.54, 1.807) is 12.1 Å². The Morgan fingerprint density at radius 3 is 2.59 bits per heavy atom. The second kappa shape index (κ2) is 4.99. The first-order chi connectivity index (χ1) is 8.13. The molecule has 90 valence electrons. The van der Waals surface area contributed by atoms with Crippen molar-refractivity contribution >= 4 is 11.8 Å². The van der Waals surface area contributed by atoms with Crippen LogP contribution in [0.3, 0.4) is 0 Å². The van der Waals surface area contributed by atoms with Crippen molar-refractivity contribution in [3.05, 3.63) is 29.8 Å². The molecule has 1 fully saturated rings. The number of esters is 1. The fourth-order valence-corrected chi connectivity index (χ4v) is 1.91. The Morgan fingerprint density at radius 2 is 1.94 bits per heavy atom. The monoisotopic (exact) mass is 234 g/mol. The minimum Gasteiger partial charge on any atom is -0.508 e. The van der Waals surface area contributed by atoms with Gasteiger partial charge in [0.05, 0.1) is 0 Å². The highest BCUT2D eigenvalue weighted by Gasteiger charge is 2.26. The molecule has 17 heavy (non-hydrogen) atoms. The third-order valence-electron chi connectivity index (χ3n) is 2.79. The number of phenols is 1. The number of hydrogen-bond acceptors (Lipinski definition) is 4. The van der Waals surface area contributed by atoms with Crippen LogP contribution in [0.25, 0.3) is 0 Å². The molecule has 1 aliphatic rings. The number of Topliss-reactive ketones (excluding diaryl/α,β-unsaturated/α-hetero) is 1. The van der Waals surface area contributed by atoms with Crippen LogP contribution in [0.15, 0.2) is 24.3 Å². The van der Waals surface area contributed by atoms with Crippen LogP contribution in [0.5, 0.6) is 5.75 Å². The second-order valence-electron chi connectivity index (χ2n) is 4.24. The van der Waals surface area contributed by atoms with Gasteiger partial charge < -0.3 is 9.84 Å². The van der Waals surface area contributed by atoms with Crippen molar-refractivity contribution in [2.45, 2.75) is 31.8 Å². The number of aromatic hydroxyl groups is 1. The van der Waals surface area contributed by atoms with E-state index in [9.17, 15) is 9.59 Å². The molecule has 0 bridgehead atoms. The molecule has 1 heterocycles. The molecule has 1 atom stereocenters.